The molecule has 3 heteroatoms. The van der Waals surface area contributed by atoms with Crippen molar-refractivity contribution in [2.75, 3.05) is 6.54 Å². The van der Waals surface area contributed by atoms with Crippen LogP contribution >= 0.6 is 0 Å². The molecule has 0 radical (unpaired) electrons. The largest absolute Gasteiger partial charge is 0.348 e. The van der Waals surface area contributed by atoms with E-state index >= 15 is 0 Å². The maximum atomic E-state index is 11.4. The van der Waals surface area contributed by atoms with E-state index in [4.69, 9.17) is 0 Å². The molecular formula is C11H14N2O. The Morgan fingerprint density at radius 3 is 2.71 bits per heavy atom. The lowest BCUT2D eigenvalue weighted by atomic mass is 10.1. The fraction of sp³-hybridized carbons (Fsp3) is 0.364. The van der Waals surface area contributed by atoms with E-state index in [1.807, 2.05) is 37.3 Å². The first-order valence-corrected chi connectivity index (χ1v) is 4.86. The van der Waals surface area contributed by atoms with Crippen LogP contribution < -0.4 is 10.6 Å². The fourth-order valence-electron chi connectivity index (χ4n) is 1.38. The summed E-state index contributed by atoms with van der Waals surface area (Å²) < 4.78 is 0. The summed E-state index contributed by atoms with van der Waals surface area (Å²) in [5, 5.41) is 5.94. The number of rotatable bonds is 3. The summed E-state index contributed by atoms with van der Waals surface area (Å²) in [7, 11) is 0. The van der Waals surface area contributed by atoms with Gasteiger partial charge in [-0.05, 0) is 12.5 Å². The first kappa shape index (κ1) is 9.21. The predicted molar refractivity (Wildman–Crippen MR) is 54.8 cm³/mol. The van der Waals surface area contributed by atoms with Gasteiger partial charge in [0.05, 0.1) is 12.1 Å². The third-order valence-corrected chi connectivity index (χ3v) is 2.38. The van der Waals surface area contributed by atoms with Crippen molar-refractivity contribution in [2.45, 2.75) is 19.0 Å². The van der Waals surface area contributed by atoms with Gasteiger partial charge in [-0.2, -0.15) is 0 Å². The summed E-state index contributed by atoms with van der Waals surface area (Å²) in [6.07, 6.45) is 0. The van der Waals surface area contributed by atoms with Crippen LogP contribution in [0.4, 0.5) is 0 Å². The predicted octanol–water partition coefficient (Wildman–Crippen LogP) is 0.836. The van der Waals surface area contributed by atoms with Crippen LogP contribution in [-0.4, -0.2) is 18.5 Å². The van der Waals surface area contributed by atoms with Crippen molar-refractivity contribution in [3.63, 3.8) is 0 Å². The normalized spacial score (nSPS) is 21.4. The molecule has 74 valence electrons. The van der Waals surface area contributed by atoms with E-state index in [1.165, 1.54) is 0 Å². The second-order valence-electron chi connectivity index (χ2n) is 3.60. The average molecular weight is 190 g/mol. The van der Waals surface area contributed by atoms with E-state index < -0.39 is 0 Å². The number of carbonyl (C=O) groups is 1. The van der Waals surface area contributed by atoms with Crippen LogP contribution in [0.5, 0.6) is 0 Å². The quantitative estimate of drug-likeness (QED) is 0.694. The maximum absolute atomic E-state index is 11.4. The first-order valence-electron chi connectivity index (χ1n) is 4.86. The Kier molecular flexibility index (Phi) is 2.50. The Hall–Kier alpha value is -1.35. The van der Waals surface area contributed by atoms with Crippen molar-refractivity contribution in [3.05, 3.63) is 35.9 Å². The van der Waals surface area contributed by atoms with E-state index in [0.717, 1.165) is 12.1 Å². The summed E-state index contributed by atoms with van der Waals surface area (Å²) in [6, 6.07) is 10.1. The molecule has 1 aliphatic rings. The summed E-state index contributed by atoms with van der Waals surface area (Å²) in [4.78, 5) is 11.4. The molecule has 0 aliphatic carbocycles. The summed E-state index contributed by atoms with van der Waals surface area (Å²) in [5.41, 5.74) is 1.14. The van der Waals surface area contributed by atoms with E-state index in [2.05, 4.69) is 10.6 Å². The smallest absolute Gasteiger partial charge is 0.238 e. The molecule has 0 bridgehead atoms. The number of nitrogens with one attached hydrogen (secondary N) is 2. The summed E-state index contributed by atoms with van der Waals surface area (Å²) in [6.45, 7) is 2.81. The molecule has 1 saturated heterocycles. The number of hydrogen-bond acceptors (Lipinski definition) is 2. The Morgan fingerprint density at radius 2 is 2.14 bits per heavy atom. The molecule has 0 unspecified atom stereocenters. The molecule has 1 heterocycles. The van der Waals surface area contributed by atoms with E-state index in [0.29, 0.717) is 0 Å². The highest BCUT2D eigenvalue weighted by Crippen LogP contribution is 2.11. The van der Waals surface area contributed by atoms with Crippen LogP contribution in [0.3, 0.4) is 0 Å². The maximum Gasteiger partial charge on any atom is 0.238 e. The third kappa shape index (κ3) is 2.12. The van der Waals surface area contributed by atoms with Crippen molar-refractivity contribution in [1.29, 1.82) is 0 Å². The van der Waals surface area contributed by atoms with Crippen molar-refractivity contribution in [3.8, 4) is 0 Å². The molecule has 2 N–H and O–H groups in total. The molecule has 3 nitrogen and oxygen atoms in total. The average Bonchev–Trinajstić information content (AvgIpc) is 3.02. The Balaban J connectivity index is 1.95. The molecule has 0 spiro atoms. The van der Waals surface area contributed by atoms with Gasteiger partial charge in [-0.25, -0.2) is 0 Å². The van der Waals surface area contributed by atoms with E-state index in [9.17, 15) is 4.79 Å². The lowest BCUT2D eigenvalue weighted by Gasteiger charge is -2.13. The third-order valence-electron chi connectivity index (χ3n) is 2.38. The molecule has 0 saturated carbocycles. The SMILES string of the molecule is C[C@@H](NC(=O)[C@@H]1CN1)c1ccccc1. The first-order chi connectivity index (χ1) is 6.77. The highest BCUT2D eigenvalue weighted by atomic mass is 16.2. The minimum atomic E-state index is 0.0427. The zero-order valence-corrected chi connectivity index (χ0v) is 8.16. The zero-order valence-electron chi connectivity index (χ0n) is 8.16. The highest BCUT2D eigenvalue weighted by molar-refractivity contribution is 5.84. The number of carbonyl (C=O) groups excluding carboxylic acids is 1. The fourth-order valence-corrected chi connectivity index (χ4v) is 1.38. The molecule has 1 aromatic rings. The van der Waals surface area contributed by atoms with E-state index in [-0.39, 0.29) is 18.0 Å². The van der Waals surface area contributed by atoms with Crippen LogP contribution in [0.25, 0.3) is 0 Å². The minimum Gasteiger partial charge on any atom is -0.348 e. The van der Waals surface area contributed by atoms with Crippen molar-refractivity contribution < 1.29 is 4.79 Å². The molecule has 14 heavy (non-hydrogen) atoms. The number of amides is 1. The van der Waals surface area contributed by atoms with Crippen molar-refractivity contribution in [1.82, 2.24) is 10.6 Å². The number of hydrogen-bond donors (Lipinski definition) is 2. The van der Waals surface area contributed by atoms with Gasteiger partial charge < -0.3 is 10.6 Å². The van der Waals surface area contributed by atoms with Gasteiger partial charge in [-0.15, -0.1) is 0 Å². The monoisotopic (exact) mass is 190 g/mol. The molecule has 1 aromatic carbocycles. The van der Waals surface area contributed by atoms with Gasteiger partial charge in [0.15, 0.2) is 0 Å². The molecule has 1 fully saturated rings. The zero-order chi connectivity index (χ0) is 9.97. The van der Waals surface area contributed by atoms with Gasteiger partial charge in [-0.1, -0.05) is 30.3 Å². The van der Waals surface area contributed by atoms with Gasteiger partial charge in [0.1, 0.15) is 0 Å². The lowest BCUT2D eigenvalue weighted by Crippen LogP contribution is -2.31. The van der Waals surface area contributed by atoms with Gasteiger partial charge >= 0.3 is 0 Å². The highest BCUT2D eigenvalue weighted by Gasteiger charge is 2.29. The molecule has 1 aliphatic heterocycles. The van der Waals surface area contributed by atoms with Crippen LogP contribution in [0.1, 0.15) is 18.5 Å². The number of benzene rings is 1. The van der Waals surface area contributed by atoms with Gasteiger partial charge in [0.25, 0.3) is 0 Å². The van der Waals surface area contributed by atoms with Crippen LogP contribution in [0.2, 0.25) is 0 Å². The molecule has 1 amide bonds. The van der Waals surface area contributed by atoms with Gasteiger partial charge in [-0.3, -0.25) is 4.79 Å². The molecule has 0 aromatic heterocycles. The summed E-state index contributed by atoms with van der Waals surface area (Å²) in [5.74, 6) is 0.0985. The molecule has 2 rings (SSSR count). The van der Waals surface area contributed by atoms with Crippen LogP contribution in [0, 0.1) is 0 Å². The van der Waals surface area contributed by atoms with Gasteiger partial charge in [0.2, 0.25) is 5.91 Å². The Labute approximate surface area is 83.5 Å². The van der Waals surface area contributed by atoms with E-state index in [1.54, 1.807) is 0 Å². The van der Waals surface area contributed by atoms with Crippen molar-refractivity contribution >= 4 is 5.91 Å². The minimum absolute atomic E-state index is 0.0427. The molecular weight excluding hydrogens is 176 g/mol. The molecule has 2 atom stereocenters. The summed E-state index contributed by atoms with van der Waals surface area (Å²) >= 11 is 0. The van der Waals surface area contributed by atoms with Crippen molar-refractivity contribution in [2.24, 2.45) is 0 Å². The Bertz CT molecular complexity index is 319. The standard InChI is InChI=1S/C11H14N2O/c1-8(9-5-3-2-4-6-9)13-11(14)10-7-12-10/h2-6,8,10,12H,7H2,1H3,(H,13,14)/t8-,10+/m1/s1. The second kappa shape index (κ2) is 3.80. The lowest BCUT2D eigenvalue weighted by molar-refractivity contribution is -0.121. The second-order valence-corrected chi connectivity index (χ2v) is 3.60. The Morgan fingerprint density at radius 1 is 1.50 bits per heavy atom. The van der Waals surface area contributed by atoms with Crippen LogP contribution in [-0.2, 0) is 4.79 Å². The van der Waals surface area contributed by atoms with Crippen LogP contribution in [0.15, 0.2) is 30.3 Å². The van der Waals surface area contributed by atoms with Gasteiger partial charge in [0, 0.05) is 6.54 Å². The topological polar surface area (TPSA) is 51.0 Å².